The maximum absolute atomic E-state index is 13.2. The van der Waals surface area contributed by atoms with Crippen LogP contribution in [0.4, 0.5) is 8.78 Å². The first-order valence-electron chi connectivity index (χ1n) is 7.43. The van der Waals surface area contributed by atoms with E-state index in [2.05, 4.69) is 17.3 Å². The summed E-state index contributed by atoms with van der Waals surface area (Å²) in [4.78, 5) is 2.37. The van der Waals surface area contributed by atoms with Crippen LogP contribution in [0.1, 0.15) is 37.8 Å². The Hall–Kier alpha value is -1.00. The van der Waals surface area contributed by atoms with E-state index in [0.717, 1.165) is 24.4 Å². The lowest BCUT2D eigenvalue weighted by molar-refractivity contribution is 0.211. The highest BCUT2D eigenvalue weighted by molar-refractivity contribution is 5.20. The van der Waals surface area contributed by atoms with Gasteiger partial charge in [-0.15, -0.1) is 0 Å². The molecule has 1 aromatic rings. The third kappa shape index (κ3) is 4.25. The van der Waals surface area contributed by atoms with Gasteiger partial charge in [-0.3, -0.25) is 0 Å². The van der Waals surface area contributed by atoms with Gasteiger partial charge < -0.3 is 10.2 Å². The first kappa shape index (κ1) is 15.4. The van der Waals surface area contributed by atoms with Crippen LogP contribution >= 0.6 is 0 Å². The molecule has 1 N–H and O–H groups in total. The molecule has 0 amide bonds. The lowest BCUT2D eigenvalue weighted by Crippen LogP contribution is -2.32. The zero-order chi connectivity index (χ0) is 14.5. The number of nitrogens with one attached hydrogen (secondary N) is 1. The molecule has 1 unspecified atom stereocenters. The van der Waals surface area contributed by atoms with E-state index in [4.69, 9.17) is 0 Å². The van der Waals surface area contributed by atoms with Crippen LogP contribution in [0.2, 0.25) is 0 Å². The van der Waals surface area contributed by atoms with Gasteiger partial charge in [0.25, 0.3) is 0 Å². The second-order valence-electron chi connectivity index (χ2n) is 5.88. The molecule has 0 saturated carbocycles. The molecule has 0 bridgehead atoms. The van der Waals surface area contributed by atoms with Crippen LogP contribution < -0.4 is 5.32 Å². The predicted octanol–water partition coefficient (Wildman–Crippen LogP) is 3.35. The molecule has 2 rings (SSSR count). The van der Waals surface area contributed by atoms with Crippen LogP contribution in [-0.4, -0.2) is 31.6 Å². The second-order valence-corrected chi connectivity index (χ2v) is 5.88. The Morgan fingerprint density at radius 2 is 1.95 bits per heavy atom. The second kappa shape index (κ2) is 7.14. The molecular formula is C16H24F2N2. The number of hydrogen-bond donors (Lipinski definition) is 1. The summed E-state index contributed by atoms with van der Waals surface area (Å²) in [5.74, 6) is -0.769. The molecule has 1 atom stereocenters. The van der Waals surface area contributed by atoms with Gasteiger partial charge in [0.2, 0.25) is 0 Å². The van der Waals surface area contributed by atoms with Crippen LogP contribution in [0.25, 0.3) is 0 Å². The van der Waals surface area contributed by atoms with Crippen molar-refractivity contribution in [3.05, 3.63) is 35.4 Å². The van der Waals surface area contributed by atoms with Crippen molar-refractivity contribution in [2.24, 2.45) is 5.92 Å². The third-order valence-electron chi connectivity index (χ3n) is 4.28. The summed E-state index contributed by atoms with van der Waals surface area (Å²) < 4.78 is 26.1. The Morgan fingerprint density at radius 3 is 2.60 bits per heavy atom. The average molecular weight is 282 g/mol. The van der Waals surface area contributed by atoms with Gasteiger partial charge in [-0.05, 0) is 76.5 Å². The summed E-state index contributed by atoms with van der Waals surface area (Å²) >= 11 is 0. The predicted molar refractivity (Wildman–Crippen MR) is 77.6 cm³/mol. The number of hydrogen-bond acceptors (Lipinski definition) is 2. The molecule has 0 aromatic heterocycles. The largest absolute Gasteiger partial charge is 0.310 e. The molecule has 1 fully saturated rings. The van der Waals surface area contributed by atoms with Gasteiger partial charge in [0.05, 0.1) is 0 Å². The molecule has 0 spiro atoms. The summed E-state index contributed by atoms with van der Waals surface area (Å²) in [5.41, 5.74) is 0.798. The molecule has 1 aliphatic rings. The van der Waals surface area contributed by atoms with Crippen molar-refractivity contribution in [3.63, 3.8) is 0 Å². The molecule has 1 aliphatic heterocycles. The van der Waals surface area contributed by atoms with Crippen molar-refractivity contribution < 1.29 is 8.78 Å². The van der Waals surface area contributed by atoms with Gasteiger partial charge in [0.15, 0.2) is 11.6 Å². The van der Waals surface area contributed by atoms with Gasteiger partial charge >= 0.3 is 0 Å². The Balaban J connectivity index is 1.74. The number of rotatable bonds is 5. The van der Waals surface area contributed by atoms with Gasteiger partial charge in [-0.25, -0.2) is 8.78 Å². The summed E-state index contributed by atoms with van der Waals surface area (Å²) in [6.45, 7) is 5.28. The minimum Gasteiger partial charge on any atom is -0.310 e. The number of likely N-dealkylation sites (tertiary alicyclic amines) is 1. The Bertz CT molecular complexity index is 428. The number of benzene rings is 1. The highest BCUT2D eigenvalue weighted by Crippen LogP contribution is 2.20. The van der Waals surface area contributed by atoms with Crippen LogP contribution in [-0.2, 0) is 0 Å². The van der Waals surface area contributed by atoms with Gasteiger partial charge in [-0.1, -0.05) is 6.07 Å². The molecular weight excluding hydrogens is 258 g/mol. The van der Waals surface area contributed by atoms with Crippen molar-refractivity contribution in [3.8, 4) is 0 Å². The third-order valence-corrected chi connectivity index (χ3v) is 4.28. The van der Waals surface area contributed by atoms with E-state index in [1.54, 1.807) is 6.07 Å². The topological polar surface area (TPSA) is 15.3 Å². The highest BCUT2D eigenvalue weighted by Gasteiger charge is 2.16. The Morgan fingerprint density at radius 1 is 1.25 bits per heavy atom. The lowest BCUT2D eigenvalue weighted by atomic mass is 9.93. The fourth-order valence-corrected chi connectivity index (χ4v) is 2.75. The zero-order valence-electron chi connectivity index (χ0n) is 12.3. The molecule has 0 radical (unpaired) electrons. The monoisotopic (exact) mass is 282 g/mol. The molecule has 0 aliphatic carbocycles. The fraction of sp³-hybridized carbons (Fsp3) is 0.625. The highest BCUT2D eigenvalue weighted by atomic mass is 19.2. The van der Waals surface area contributed by atoms with Crippen molar-refractivity contribution in [1.29, 1.82) is 0 Å². The van der Waals surface area contributed by atoms with E-state index >= 15 is 0 Å². The van der Waals surface area contributed by atoms with Crippen LogP contribution in [0.5, 0.6) is 0 Å². The molecule has 112 valence electrons. The quantitative estimate of drug-likeness (QED) is 0.891. The van der Waals surface area contributed by atoms with E-state index in [9.17, 15) is 8.78 Å². The minimum absolute atomic E-state index is 0.0522. The smallest absolute Gasteiger partial charge is 0.159 e. The lowest BCUT2D eigenvalue weighted by Gasteiger charge is -2.29. The summed E-state index contributed by atoms with van der Waals surface area (Å²) in [7, 11) is 2.17. The number of piperidine rings is 1. The standard InChI is InChI=1S/C16H24F2N2/c1-12(14-3-4-15(17)16(18)11-14)19-8-5-13-6-9-20(2)10-7-13/h3-4,11-13,19H,5-10H2,1-2H3. The maximum atomic E-state index is 13.2. The Kier molecular flexibility index (Phi) is 5.49. The summed E-state index contributed by atoms with van der Waals surface area (Å²) in [6, 6.07) is 4.17. The first-order valence-corrected chi connectivity index (χ1v) is 7.43. The molecule has 4 heteroatoms. The molecule has 1 aromatic carbocycles. The zero-order valence-corrected chi connectivity index (χ0v) is 12.3. The number of halogens is 2. The van der Waals surface area contributed by atoms with E-state index in [1.165, 1.54) is 38.1 Å². The van der Waals surface area contributed by atoms with E-state index in [-0.39, 0.29) is 6.04 Å². The molecule has 1 heterocycles. The SMILES string of the molecule is CC(NCCC1CCN(C)CC1)c1ccc(F)c(F)c1. The summed E-state index contributed by atoms with van der Waals surface area (Å²) in [6.07, 6.45) is 3.68. The molecule has 1 saturated heterocycles. The summed E-state index contributed by atoms with van der Waals surface area (Å²) in [5, 5.41) is 3.40. The average Bonchev–Trinajstić information content (AvgIpc) is 2.44. The van der Waals surface area contributed by atoms with E-state index < -0.39 is 11.6 Å². The van der Waals surface area contributed by atoms with E-state index in [0.29, 0.717) is 0 Å². The van der Waals surface area contributed by atoms with Gasteiger partial charge in [0.1, 0.15) is 0 Å². The Labute approximate surface area is 120 Å². The van der Waals surface area contributed by atoms with Crippen molar-refractivity contribution in [1.82, 2.24) is 10.2 Å². The van der Waals surface area contributed by atoms with Crippen molar-refractivity contribution in [2.75, 3.05) is 26.7 Å². The number of nitrogens with zero attached hydrogens (tertiary/aromatic N) is 1. The fourth-order valence-electron chi connectivity index (χ4n) is 2.75. The molecule has 20 heavy (non-hydrogen) atoms. The van der Waals surface area contributed by atoms with Gasteiger partial charge in [-0.2, -0.15) is 0 Å². The van der Waals surface area contributed by atoms with Crippen LogP contribution in [0.3, 0.4) is 0 Å². The molecule has 2 nitrogen and oxygen atoms in total. The normalized spacial score (nSPS) is 19.2. The van der Waals surface area contributed by atoms with Crippen LogP contribution in [0.15, 0.2) is 18.2 Å². The maximum Gasteiger partial charge on any atom is 0.159 e. The van der Waals surface area contributed by atoms with Crippen molar-refractivity contribution >= 4 is 0 Å². The minimum atomic E-state index is -0.785. The van der Waals surface area contributed by atoms with E-state index in [1.807, 2.05) is 6.92 Å². The first-order chi connectivity index (χ1) is 9.56. The van der Waals surface area contributed by atoms with Gasteiger partial charge in [0, 0.05) is 6.04 Å². The van der Waals surface area contributed by atoms with Crippen molar-refractivity contribution in [2.45, 2.75) is 32.2 Å². The van der Waals surface area contributed by atoms with Crippen LogP contribution in [0, 0.1) is 17.6 Å².